The predicted molar refractivity (Wildman–Crippen MR) is 104 cm³/mol. The first-order valence-corrected chi connectivity index (χ1v) is 9.45. The Morgan fingerprint density at radius 2 is 1.90 bits per heavy atom. The third-order valence-corrected chi connectivity index (χ3v) is 4.44. The number of piperidine rings is 1. The number of alkyl halides is 4. The van der Waals surface area contributed by atoms with Crippen LogP contribution in [0, 0.1) is 0 Å². The van der Waals surface area contributed by atoms with Crippen LogP contribution in [0.25, 0.3) is 6.08 Å². The standard InChI is InChI=1S/C20H20F4N4O3/c21-18(22)30-15-6-4-13(16(11-15)31-19(23)24)5-7-17(29)27-14-3-1-10-28(12-14)20-25-8-2-9-26-20/h2,4-9,11,14,18-19H,1,3,10,12H2,(H,27,29)/b7-5+. The number of ether oxygens (including phenoxy) is 2. The summed E-state index contributed by atoms with van der Waals surface area (Å²) in [5.74, 6) is -0.575. The number of nitrogens with one attached hydrogen (secondary N) is 1. The maximum atomic E-state index is 12.6. The molecule has 31 heavy (non-hydrogen) atoms. The molecule has 0 bridgehead atoms. The SMILES string of the molecule is O=C(/C=C/c1ccc(OC(F)F)cc1OC(F)F)NC1CCCN(c2ncccn2)C1. The lowest BCUT2D eigenvalue weighted by molar-refractivity contribution is -0.117. The Hall–Kier alpha value is -3.37. The molecule has 0 radical (unpaired) electrons. The molecule has 1 aromatic carbocycles. The predicted octanol–water partition coefficient (Wildman–Crippen LogP) is 3.48. The van der Waals surface area contributed by atoms with Crippen LogP contribution in [0.1, 0.15) is 18.4 Å². The fourth-order valence-corrected chi connectivity index (χ4v) is 3.17. The zero-order valence-corrected chi connectivity index (χ0v) is 16.3. The molecule has 1 amide bonds. The van der Waals surface area contributed by atoms with E-state index in [-0.39, 0.29) is 23.1 Å². The van der Waals surface area contributed by atoms with Crippen LogP contribution < -0.4 is 19.7 Å². The van der Waals surface area contributed by atoms with Gasteiger partial charge in [-0.15, -0.1) is 0 Å². The molecule has 1 unspecified atom stereocenters. The summed E-state index contributed by atoms with van der Waals surface area (Å²) in [5.41, 5.74) is 0.111. The summed E-state index contributed by atoms with van der Waals surface area (Å²) >= 11 is 0. The van der Waals surface area contributed by atoms with Crippen molar-refractivity contribution in [2.24, 2.45) is 0 Å². The Morgan fingerprint density at radius 1 is 1.16 bits per heavy atom. The summed E-state index contributed by atoms with van der Waals surface area (Å²) in [7, 11) is 0. The normalized spacial score (nSPS) is 16.7. The fraction of sp³-hybridized carbons (Fsp3) is 0.350. The van der Waals surface area contributed by atoms with E-state index in [1.807, 2.05) is 4.90 Å². The molecule has 1 saturated heterocycles. The molecule has 1 fully saturated rings. The lowest BCUT2D eigenvalue weighted by Crippen LogP contribution is -2.47. The molecule has 2 aromatic rings. The fourth-order valence-electron chi connectivity index (χ4n) is 3.17. The highest BCUT2D eigenvalue weighted by molar-refractivity contribution is 5.92. The van der Waals surface area contributed by atoms with Crippen LogP contribution in [0.15, 0.2) is 42.7 Å². The molecule has 7 nitrogen and oxygen atoms in total. The number of hydrogen-bond donors (Lipinski definition) is 1. The molecule has 1 aliphatic rings. The number of benzene rings is 1. The highest BCUT2D eigenvalue weighted by atomic mass is 19.3. The molecule has 1 aromatic heterocycles. The number of amides is 1. The number of nitrogens with zero attached hydrogens (tertiary/aromatic N) is 3. The van der Waals surface area contributed by atoms with Crippen molar-refractivity contribution < 1.29 is 31.8 Å². The zero-order chi connectivity index (χ0) is 22.2. The van der Waals surface area contributed by atoms with E-state index in [1.54, 1.807) is 18.5 Å². The van der Waals surface area contributed by atoms with Crippen LogP contribution in [0.4, 0.5) is 23.5 Å². The van der Waals surface area contributed by atoms with Crippen LogP contribution in [0.2, 0.25) is 0 Å². The number of hydrogen-bond acceptors (Lipinski definition) is 6. The Balaban J connectivity index is 1.63. The highest BCUT2D eigenvalue weighted by Gasteiger charge is 2.22. The first-order chi connectivity index (χ1) is 14.9. The van der Waals surface area contributed by atoms with Gasteiger partial charge in [0.25, 0.3) is 0 Å². The maximum Gasteiger partial charge on any atom is 0.387 e. The van der Waals surface area contributed by atoms with Crippen molar-refractivity contribution in [2.45, 2.75) is 32.1 Å². The largest absolute Gasteiger partial charge is 0.435 e. The average molecular weight is 440 g/mol. The van der Waals surface area contributed by atoms with Gasteiger partial charge in [0.2, 0.25) is 11.9 Å². The van der Waals surface area contributed by atoms with Crippen molar-refractivity contribution in [1.29, 1.82) is 0 Å². The second-order valence-electron chi connectivity index (χ2n) is 6.63. The molecule has 11 heteroatoms. The Labute approximate surface area is 175 Å². The minimum absolute atomic E-state index is 0.111. The van der Waals surface area contributed by atoms with E-state index in [0.717, 1.165) is 25.5 Å². The summed E-state index contributed by atoms with van der Waals surface area (Å²) in [6, 6.07) is 4.90. The molecule has 0 saturated carbocycles. The van der Waals surface area contributed by atoms with Crippen molar-refractivity contribution in [2.75, 3.05) is 18.0 Å². The summed E-state index contributed by atoms with van der Waals surface area (Å²) < 4.78 is 58.5. The molecule has 1 N–H and O–H groups in total. The van der Waals surface area contributed by atoms with E-state index >= 15 is 0 Å². The number of rotatable bonds is 8. The van der Waals surface area contributed by atoms with E-state index in [1.165, 1.54) is 24.3 Å². The van der Waals surface area contributed by atoms with E-state index in [9.17, 15) is 22.4 Å². The van der Waals surface area contributed by atoms with Gasteiger partial charge >= 0.3 is 13.2 Å². The Morgan fingerprint density at radius 3 is 2.61 bits per heavy atom. The first-order valence-electron chi connectivity index (χ1n) is 9.45. The first kappa shape index (κ1) is 22.3. The van der Waals surface area contributed by atoms with E-state index in [2.05, 4.69) is 24.8 Å². The van der Waals surface area contributed by atoms with Crippen LogP contribution in [-0.4, -0.2) is 48.2 Å². The third-order valence-electron chi connectivity index (χ3n) is 4.44. The van der Waals surface area contributed by atoms with Crippen molar-refractivity contribution in [3.05, 3.63) is 48.3 Å². The molecule has 0 spiro atoms. The van der Waals surface area contributed by atoms with E-state index in [4.69, 9.17) is 0 Å². The molecule has 1 aliphatic heterocycles. The van der Waals surface area contributed by atoms with Gasteiger partial charge in [0, 0.05) is 49.2 Å². The highest BCUT2D eigenvalue weighted by Crippen LogP contribution is 2.28. The van der Waals surface area contributed by atoms with Crippen molar-refractivity contribution in [3.63, 3.8) is 0 Å². The molecular weight excluding hydrogens is 420 g/mol. The smallest absolute Gasteiger partial charge is 0.387 e. The van der Waals surface area contributed by atoms with Crippen LogP contribution >= 0.6 is 0 Å². The van der Waals surface area contributed by atoms with Gasteiger partial charge in [0.05, 0.1) is 0 Å². The van der Waals surface area contributed by atoms with Crippen molar-refractivity contribution >= 4 is 17.9 Å². The van der Waals surface area contributed by atoms with Gasteiger partial charge in [-0.05, 0) is 37.1 Å². The van der Waals surface area contributed by atoms with E-state index < -0.39 is 19.1 Å². The lowest BCUT2D eigenvalue weighted by atomic mass is 10.1. The minimum Gasteiger partial charge on any atom is -0.435 e. The zero-order valence-electron chi connectivity index (χ0n) is 16.3. The number of aromatic nitrogens is 2. The average Bonchev–Trinajstić information content (AvgIpc) is 2.73. The lowest BCUT2D eigenvalue weighted by Gasteiger charge is -2.32. The van der Waals surface area contributed by atoms with Crippen LogP contribution in [0.5, 0.6) is 11.5 Å². The quantitative estimate of drug-likeness (QED) is 0.501. The molecule has 3 rings (SSSR count). The second kappa shape index (κ2) is 10.6. The van der Waals surface area contributed by atoms with Gasteiger partial charge in [0.15, 0.2) is 0 Å². The second-order valence-corrected chi connectivity index (χ2v) is 6.63. The Kier molecular flexibility index (Phi) is 7.63. The topological polar surface area (TPSA) is 76.6 Å². The summed E-state index contributed by atoms with van der Waals surface area (Å²) in [6.45, 7) is -4.98. The summed E-state index contributed by atoms with van der Waals surface area (Å²) in [4.78, 5) is 22.7. The molecule has 0 aliphatic carbocycles. The molecule has 166 valence electrons. The van der Waals surface area contributed by atoms with E-state index in [0.29, 0.717) is 12.5 Å². The molecular formula is C20H20F4N4O3. The van der Waals surface area contributed by atoms with Gasteiger partial charge in [-0.25, -0.2) is 9.97 Å². The summed E-state index contributed by atoms with van der Waals surface area (Å²) in [5, 5.41) is 2.85. The molecule has 2 heterocycles. The number of halogens is 4. The van der Waals surface area contributed by atoms with Crippen LogP contribution in [0.3, 0.4) is 0 Å². The number of carbonyl (C=O) groups excluding carboxylic acids is 1. The third kappa shape index (κ3) is 6.83. The van der Waals surface area contributed by atoms with Gasteiger partial charge in [-0.3, -0.25) is 4.79 Å². The number of carbonyl (C=O) groups is 1. The van der Waals surface area contributed by atoms with Crippen molar-refractivity contribution in [1.82, 2.24) is 15.3 Å². The number of anilines is 1. The summed E-state index contributed by atoms with van der Waals surface area (Å²) in [6.07, 6.45) is 7.32. The van der Waals surface area contributed by atoms with Gasteiger partial charge in [-0.1, -0.05) is 0 Å². The van der Waals surface area contributed by atoms with Crippen LogP contribution in [-0.2, 0) is 4.79 Å². The van der Waals surface area contributed by atoms with Gasteiger partial charge in [-0.2, -0.15) is 17.6 Å². The maximum absolute atomic E-state index is 12.6. The van der Waals surface area contributed by atoms with Crippen molar-refractivity contribution in [3.8, 4) is 11.5 Å². The monoisotopic (exact) mass is 440 g/mol. The Bertz CT molecular complexity index is 899. The van der Waals surface area contributed by atoms with Gasteiger partial charge < -0.3 is 19.7 Å². The minimum atomic E-state index is -3.17. The van der Waals surface area contributed by atoms with Gasteiger partial charge in [0.1, 0.15) is 11.5 Å². The molecule has 1 atom stereocenters.